The summed E-state index contributed by atoms with van der Waals surface area (Å²) in [7, 11) is 0. The predicted molar refractivity (Wildman–Crippen MR) is 77.9 cm³/mol. The smallest absolute Gasteiger partial charge is 0.225 e. The van der Waals surface area contributed by atoms with Gasteiger partial charge in [-0.2, -0.15) is 0 Å². The van der Waals surface area contributed by atoms with E-state index in [1.54, 1.807) is 0 Å². The van der Waals surface area contributed by atoms with Crippen LogP contribution in [0, 0.1) is 11.8 Å². The number of rotatable bonds is 7. The molecule has 2 rings (SSSR count). The van der Waals surface area contributed by atoms with Crippen LogP contribution in [0.2, 0.25) is 0 Å². The van der Waals surface area contributed by atoms with Crippen LogP contribution in [0.25, 0.3) is 0 Å². The van der Waals surface area contributed by atoms with E-state index in [-0.39, 0.29) is 29.8 Å². The summed E-state index contributed by atoms with van der Waals surface area (Å²) in [6, 6.07) is 0.369. The zero-order valence-electron chi connectivity index (χ0n) is 12.6. The quantitative estimate of drug-likeness (QED) is 0.727. The third-order valence-electron chi connectivity index (χ3n) is 4.69. The monoisotopic (exact) mass is 281 g/mol. The van der Waals surface area contributed by atoms with Gasteiger partial charge in [0.1, 0.15) is 0 Å². The number of nitrogens with zero attached hydrogens (tertiary/aromatic N) is 1. The lowest BCUT2D eigenvalue weighted by molar-refractivity contribution is -0.130. The van der Waals surface area contributed by atoms with Gasteiger partial charge in [-0.1, -0.05) is 13.8 Å². The number of nitrogens with two attached hydrogens (primary N) is 1. The Kier molecular flexibility index (Phi) is 5.02. The Morgan fingerprint density at radius 1 is 1.40 bits per heavy atom. The molecule has 0 aromatic heterocycles. The van der Waals surface area contributed by atoms with Crippen LogP contribution in [-0.4, -0.2) is 41.9 Å². The molecule has 1 saturated carbocycles. The summed E-state index contributed by atoms with van der Waals surface area (Å²) >= 11 is 0. The van der Waals surface area contributed by atoms with E-state index in [9.17, 15) is 9.59 Å². The van der Waals surface area contributed by atoms with Crippen molar-refractivity contribution in [1.82, 2.24) is 10.2 Å². The minimum absolute atomic E-state index is 0.00848. The number of hydrogen-bond donors (Lipinski definition) is 2. The van der Waals surface area contributed by atoms with Crippen LogP contribution in [0.3, 0.4) is 0 Å². The molecular weight excluding hydrogens is 254 g/mol. The zero-order chi connectivity index (χ0) is 14.7. The summed E-state index contributed by atoms with van der Waals surface area (Å²) in [4.78, 5) is 26.3. The minimum atomic E-state index is -0.198. The van der Waals surface area contributed by atoms with Crippen LogP contribution in [-0.2, 0) is 9.59 Å². The number of likely N-dealkylation sites (tertiary alicyclic amines) is 1. The van der Waals surface area contributed by atoms with Crippen LogP contribution >= 0.6 is 0 Å². The molecule has 0 aromatic rings. The largest absolute Gasteiger partial charge is 0.352 e. The maximum Gasteiger partial charge on any atom is 0.225 e. The summed E-state index contributed by atoms with van der Waals surface area (Å²) in [5.41, 5.74) is 5.71. The summed E-state index contributed by atoms with van der Waals surface area (Å²) in [5, 5.41) is 3.04. The van der Waals surface area contributed by atoms with Crippen molar-refractivity contribution < 1.29 is 9.59 Å². The Morgan fingerprint density at radius 2 is 2.05 bits per heavy atom. The summed E-state index contributed by atoms with van der Waals surface area (Å²) < 4.78 is 0. The molecule has 0 spiro atoms. The van der Waals surface area contributed by atoms with Gasteiger partial charge in [0, 0.05) is 31.6 Å². The van der Waals surface area contributed by atoms with Crippen molar-refractivity contribution in [3.63, 3.8) is 0 Å². The summed E-state index contributed by atoms with van der Waals surface area (Å²) in [6.45, 7) is 5.24. The molecule has 2 aliphatic rings. The maximum absolute atomic E-state index is 12.3. The first-order chi connectivity index (χ1) is 9.60. The number of hydrogen-bond acceptors (Lipinski definition) is 3. The normalized spacial score (nSPS) is 24.3. The van der Waals surface area contributed by atoms with E-state index in [0.717, 1.165) is 25.7 Å². The molecule has 2 unspecified atom stereocenters. The first-order valence-corrected chi connectivity index (χ1v) is 7.90. The van der Waals surface area contributed by atoms with Gasteiger partial charge in [-0.15, -0.1) is 0 Å². The molecule has 0 aromatic carbocycles. The van der Waals surface area contributed by atoms with Gasteiger partial charge in [-0.05, 0) is 31.6 Å². The zero-order valence-corrected chi connectivity index (χ0v) is 12.6. The summed E-state index contributed by atoms with van der Waals surface area (Å²) in [5.74, 6) is 0.482. The van der Waals surface area contributed by atoms with Gasteiger partial charge in [0.25, 0.3) is 0 Å². The number of carbonyl (C=O) groups excluding carboxylic acids is 2. The molecule has 2 atom stereocenters. The van der Waals surface area contributed by atoms with E-state index < -0.39 is 0 Å². The number of nitrogens with one attached hydrogen (secondary N) is 1. The Bertz CT molecular complexity index is 364. The molecule has 1 aliphatic carbocycles. The van der Waals surface area contributed by atoms with Crippen molar-refractivity contribution in [2.75, 3.05) is 13.1 Å². The van der Waals surface area contributed by atoms with Gasteiger partial charge in [-0.3, -0.25) is 9.59 Å². The SMILES string of the molecule is CCC(CC)N1CC(C(=O)NC(CN)C2CC2)CC1=O. The fourth-order valence-corrected chi connectivity index (χ4v) is 3.16. The van der Waals surface area contributed by atoms with Crippen molar-refractivity contribution in [3.8, 4) is 0 Å². The van der Waals surface area contributed by atoms with E-state index in [1.165, 1.54) is 0 Å². The highest BCUT2D eigenvalue weighted by molar-refractivity contribution is 5.89. The van der Waals surface area contributed by atoms with Crippen LogP contribution in [0.5, 0.6) is 0 Å². The van der Waals surface area contributed by atoms with E-state index in [0.29, 0.717) is 25.4 Å². The van der Waals surface area contributed by atoms with Crippen LogP contribution < -0.4 is 11.1 Å². The van der Waals surface area contributed by atoms with Gasteiger partial charge in [0.05, 0.1) is 5.92 Å². The van der Waals surface area contributed by atoms with Gasteiger partial charge in [0.2, 0.25) is 11.8 Å². The topological polar surface area (TPSA) is 75.4 Å². The molecule has 3 N–H and O–H groups in total. The molecule has 2 amide bonds. The molecule has 5 nitrogen and oxygen atoms in total. The Balaban J connectivity index is 1.90. The molecule has 5 heteroatoms. The van der Waals surface area contributed by atoms with Crippen molar-refractivity contribution in [2.24, 2.45) is 17.6 Å². The van der Waals surface area contributed by atoms with Crippen LogP contribution in [0.4, 0.5) is 0 Å². The van der Waals surface area contributed by atoms with Crippen molar-refractivity contribution in [3.05, 3.63) is 0 Å². The Morgan fingerprint density at radius 3 is 2.55 bits per heavy atom. The van der Waals surface area contributed by atoms with Gasteiger partial charge < -0.3 is 16.0 Å². The van der Waals surface area contributed by atoms with Crippen LogP contribution in [0.1, 0.15) is 46.0 Å². The maximum atomic E-state index is 12.3. The molecule has 20 heavy (non-hydrogen) atoms. The minimum Gasteiger partial charge on any atom is -0.352 e. The fraction of sp³-hybridized carbons (Fsp3) is 0.867. The first-order valence-electron chi connectivity index (χ1n) is 7.90. The summed E-state index contributed by atoms with van der Waals surface area (Å²) in [6.07, 6.45) is 4.57. The highest BCUT2D eigenvalue weighted by atomic mass is 16.2. The fourth-order valence-electron chi connectivity index (χ4n) is 3.16. The Labute approximate surface area is 121 Å². The van der Waals surface area contributed by atoms with E-state index >= 15 is 0 Å². The van der Waals surface area contributed by atoms with Gasteiger partial charge in [0.15, 0.2) is 0 Å². The first kappa shape index (κ1) is 15.3. The molecule has 2 fully saturated rings. The third-order valence-corrected chi connectivity index (χ3v) is 4.69. The lowest BCUT2D eigenvalue weighted by Crippen LogP contribution is -2.45. The molecular formula is C15H27N3O2. The molecule has 1 saturated heterocycles. The molecule has 1 heterocycles. The van der Waals surface area contributed by atoms with E-state index in [1.807, 2.05) is 4.90 Å². The Hall–Kier alpha value is -1.10. The van der Waals surface area contributed by atoms with Gasteiger partial charge >= 0.3 is 0 Å². The second-order valence-corrected chi connectivity index (χ2v) is 6.11. The standard InChI is InChI=1S/C15H27N3O2/c1-3-12(4-2)18-9-11(7-14(18)19)15(20)17-13(8-16)10-5-6-10/h10-13H,3-9,16H2,1-2H3,(H,17,20). The number of carbonyl (C=O) groups is 2. The third kappa shape index (κ3) is 3.32. The highest BCUT2D eigenvalue weighted by Crippen LogP contribution is 2.32. The molecule has 1 aliphatic heterocycles. The lowest BCUT2D eigenvalue weighted by atomic mass is 10.1. The van der Waals surface area contributed by atoms with E-state index in [4.69, 9.17) is 5.73 Å². The van der Waals surface area contributed by atoms with Crippen LogP contribution in [0.15, 0.2) is 0 Å². The van der Waals surface area contributed by atoms with Crippen molar-refractivity contribution in [1.29, 1.82) is 0 Å². The second-order valence-electron chi connectivity index (χ2n) is 6.11. The second kappa shape index (κ2) is 6.57. The average Bonchev–Trinajstić information content (AvgIpc) is 3.21. The molecule has 0 radical (unpaired) electrons. The van der Waals surface area contributed by atoms with Crippen molar-refractivity contribution in [2.45, 2.75) is 58.0 Å². The predicted octanol–water partition coefficient (Wildman–Crippen LogP) is 0.877. The van der Waals surface area contributed by atoms with Crippen molar-refractivity contribution >= 4 is 11.8 Å². The molecule has 114 valence electrons. The highest BCUT2D eigenvalue weighted by Gasteiger charge is 2.39. The number of amides is 2. The lowest BCUT2D eigenvalue weighted by Gasteiger charge is -2.26. The van der Waals surface area contributed by atoms with Gasteiger partial charge in [-0.25, -0.2) is 0 Å². The van der Waals surface area contributed by atoms with E-state index in [2.05, 4.69) is 19.2 Å². The molecule has 0 bridgehead atoms. The average molecular weight is 281 g/mol.